The van der Waals surface area contributed by atoms with Crippen molar-refractivity contribution in [3.8, 4) is 16.9 Å². The summed E-state index contributed by atoms with van der Waals surface area (Å²) in [6.45, 7) is 6.59. The first-order chi connectivity index (χ1) is 23.0. The Hall–Kier alpha value is -5.07. The standard InChI is InChI=1S/C30H35F3N6O9S/c1-19(2)46-29(41)47-21(4)48-36-39(42)37-15-5-6-22(17-37)18-45-28(40)35-49(43,44)25-13-11-24(12-14-25)38-26(16-27(34-38)30(31,32)33)23-9-7-20(3)8-10-23/h7-14,16,19,21-22H,5-6,15,17-18H2,1-4H3,(H,35,40)/b39-36+. The van der Waals surface area contributed by atoms with Gasteiger partial charge in [0, 0.05) is 18.4 Å². The highest BCUT2D eigenvalue weighted by molar-refractivity contribution is 7.90. The van der Waals surface area contributed by atoms with Crippen LogP contribution < -0.4 is 4.72 Å². The fourth-order valence-corrected chi connectivity index (χ4v) is 5.57. The van der Waals surface area contributed by atoms with Crippen LogP contribution in [0.3, 0.4) is 0 Å². The molecule has 1 N–H and O–H groups in total. The van der Waals surface area contributed by atoms with Gasteiger partial charge < -0.3 is 19.4 Å². The summed E-state index contributed by atoms with van der Waals surface area (Å²) in [5, 5.41) is 20.7. The molecule has 1 saturated heterocycles. The minimum Gasteiger partial charge on any atom is -0.569 e. The first-order valence-electron chi connectivity index (χ1n) is 15.0. The van der Waals surface area contributed by atoms with Gasteiger partial charge in [0.15, 0.2) is 5.69 Å². The molecule has 0 spiro atoms. The zero-order chi connectivity index (χ0) is 35.9. The number of ether oxygens (including phenoxy) is 3. The molecule has 0 aliphatic carbocycles. The molecule has 0 saturated carbocycles. The molecule has 0 radical (unpaired) electrons. The van der Waals surface area contributed by atoms with E-state index in [1.54, 1.807) is 42.8 Å². The highest BCUT2D eigenvalue weighted by Gasteiger charge is 2.35. The number of carbonyl (C=O) groups excluding carboxylic acids is 2. The Morgan fingerprint density at radius 3 is 2.41 bits per heavy atom. The van der Waals surface area contributed by atoms with Crippen molar-refractivity contribution in [1.82, 2.24) is 19.5 Å². The number of rotatable bonds is 11. The van der Waals surface area contributed by atoms with Gasteiger partial charge in [0.25, 0.3) is 16.3 Å². The van der Waals surface area contributed by atoms with E-state index in [1.807, 2.05) is 6.92 Å². The maximum Gasteiger partial charge on any atom is 0.511 e. The molecule has 1 aliphatic rings. The van der Waals surface area contributed by atoms with Gasteiger partial charge in [-0.15, -0.1) is 5.01 Å². The van der Waals surface area contributed by atoms with E-state index in [0.717, 1.165) is 28.4 Å². The number of halogens is 3. The number of alkyl halides is 3. The molecule has 1 aliphatic heterocycles. The fourth-order valence-electron chi connectivity index (χ4n) is 4.67. The molecule has 2 atom stereocenters. The Morgan fingerprint density at radius 1 is 1.10 bits per heavy atom. The largest absolute Gasteiger partial charge is 0.569 e. The number of amides is 1. The van der Waals surface area contributed by atoms with Crippen LogP contribution in [0.25, 0.3) is 16.9 Å². The average Bonchev–Trinajstić information content (AvgIpc) is 3.49. The Morgan fingerprint density at radius 2 is 1.78 bits per heavy atom. The Balaban J connectivity index is 1.34. The van der Waals surface area contributed by atoms with Crippen LogP contribution in [-0.4, -0.2) is 72.5 Å². The van der Waals surface area contributed by atoms with Crippen LogP contribution in [0.1, 0.15) is 44.9 Å². The number of nitrogens with zero attached hydrogens (tertiary/aromatic N) is 5. The van der Waals surface area contributed by atoms with Crippen molar-refractivity contribution in [2.75, 3.05) is 19.7 Å². The summed E-state index contributed by atoms with van der Waals surface area (Å²) in [5.74, 6) is -0.360. The summed E-state index contributed by atoms with van der Waals surface area (Å²) in [4.78, 5) is 28.6. The second-order valence-electron chi connectivity index (χ2n) is 11.4. The molecule has 19 heteroatoms. The van der Waals surface area contributed by atoms with E-state index in [9.17, 15) is 36.4 Å². The third kappa shape index (κ3) is 10.2. The summed E-state index contributed by atoms with van der Waals surface area (Å²) < 4.78 is 83.9. The van der Waals surface area contributed by atoms with Crippen molar-refractivity contribution in [3.05, 3.63) is 71.1 Å². The lowest BCUT2D eigenvalue weighted by molar-refractivity contribution is -0.716. The van der Waals surface area contributed by atoms with E-state index in [0.29, 0.717) is 24.9 Å². The second kappa shape index (κ2) is 15.4. The highest BCUT2D eigenvalue weighted by atomic mass is 32.2. The van der Waals surface area contributed by atoms with E-state index in [2.05, 4.69) is 10.4 Å². The minimum atomic E-state index is -4.72. The molecule has 4 rings (SSSR count). The molecular weight excluding hydrogens is 677 g/mol. The number of aryl methyl sites for hydroxylation is 1. The lowest BCUT2D eigenvalue weighted by Gasteiger charge is -2.28. The van der Waals surface area contributed by atoms with Gasteiger partial charge in [0.2, 0.25) is 5.28 Å². The van der Waals surface area contributed by atoms with E-state index >= 15 is 0 Å². The molecular formula is C30H35F3N6O9S. The third-order valence-corrected chi connectivity index (χ3v) is 8.33. The van der Waals surface area contributed by atoms with Crippen LogP contribution in [0.5, 0.6) is 0 Å². The number of benzene rings is 2. The molecule has 15 nitrogen and oxygen atoms in total. The van der Waals surface area contributed by atoms with Crippen LogP contribution in [0.2, 0.25) is 0 Å². The van der Waals surface area contributed by atoms with E-state index in [-0.39, 0.29) is 40.3 Å². The van der Waals surface area contributed by atoms with Crippen molar-refractivity contribution >= 4 is 22.3 Å². The molecule has 1 amide bonds. The normalized spacial score (nSPS) is 16.2. The molecule has 3 aromatic rings. The monoisotopic (exact) mass is 712 g/mol. The number of carbonyl (C=O) groups is 2. The Bertz CT molecular complexity index is 1750. The lowest BCUT2D eigenvalue weighted by Crippen LogP contribution is -2.42. The SMILES string of the molecule is Cc1ccc(-c2cc(C(F)(F)F)nn2-c2ccc(S(=O)(=O)NC(=O)OCC3CCCN(/[N+]([O-])=N\OC(C)OC(=O)OC(C)C)C3)cc2)cc1. The van der Waals surface area contributed by atoms with Gasteiger partial charge in [-0.05, 0) is 63.9 Å². The Labute approximate surface area is 279 Å². The van der Waals surface area contributed by atoms with Crippen LogP contribution >= 0.6 is 0 Å². The second-order valence-corrected chi connectivity index (χ2v) is 13.0. The lowest BCUT2D eigenvalue weighted by atomic mass is 10.0. The molecule has 266 valence electrons. The van der Waals surface area contributed by atoms with Crippen LogP contribution in [-0.2, 0) is 35.2 Å². The smallest absolute Gasteiger partial charge is 0.511 e. The maximum atomic E-state index is 13.5. The van der Waals surface area contributed by atoms with Crippen molar-refractivity contribution in [2.45, 2.75) is 64.0 Å². The predicted octanol–water partition coefficient (Wildman–Crippen LogP) is 5.71. The van der Waals surface area contributed by atoms with Crippen molar-refractivity contribution < 1.29 is 55.2 Å². The Kier molecular flexibility index (Phi) is 11.6. The number of aromatic nitrogens is 2. The summed E-state index contributed by atoms with van der Waals surface area (Å²) in [6, 6.07) is 12.4. The first kappa shape index (κ1) is 36.8. The van der Waals surface area contributed by atoms with Crippen molar-refractivity contribution in [1.29, 1.82) is 0 Å². The minimum absolute atomic E-state index is 0.0938. The zero-order valence-corrected chi connectivity index (χ0v) is 27.7. The number of nitrogens with one attached hydrogen (secondary N) is 1. The van der Waals surface area contributed by atoms with Gasteiger partial charge in [-0.2, -0.15) is 18.3 Å². The van der Waals surface area contributed by atoms with E-state index < -0.39 is 46.5 Å². The van der Waals surface area contributed by atoms with Crippen LogP contribution in [0, 0.1) is 18.0 Å². The first-order valence-corrected chi connectivity index (χ1v) is 16.5. The number of piperidine rings is 1. The fraction of sp³-hybridized carbons (Fsp3) is 0.433. The third-order valence-electron chi connectivity index (χ3n) is 7.01. The van der Waals surface area contributed by atoms with Gasteiger partial charge in [-0.25, -0.2) is 27.4 Å². The van der Waals surface area contributed by atoms with E-state index in [1.165, 1.54) is 24.1 Å². The summed E-state index contributed by atoms with van der Waals surface area (Å²) in [7, 11) is -4.43. The van der Waals surface area contributed by atoms with Crippen molar-refractivity contribution in [3.63, 3.8) is 0 Å². The molecule has 2 heterocycles. The number of hydrogen-bond donors (Lipinski definition) is 1. The summed E-state index contributed by atoms with van der Waals surface area (Å²) in [5.41, 5.74) is 0.532. The zero-order valence-electron chi connectivity index (χ0n) is 26.9. The van der Waals surface area contributed by atoms with Gasteiger partial charge in [0.1, 0.15) is 0 Å². The summed E-state index contributed by atoms with van der Waals surface area (Å²) in [6.07, 6.45) is -7.52. The quantitative estimate of drug-likeness (QED) is 0.0847. The molecule has 0 bridgehead atoms. The molecule has 1 fully saturated rings. The van der Waals surface area contributed by atoms with Crippen LogP contribution in [0.15, 0.2) is 64.8 Å². The highest BCUT2D eigenvalue weighted by Crippen LogP contribution is 2.33. The molecule has 1 aromatic heterocycles. The van der Waals surface area contributed by atoms with Gasteiger partial charge in [0.05, 0.1) is 47.0 Å². The maximum absolute atomic E-state index is 13.5. The molecule has 2 aromatic carbocycles. The van der Waals surface area contributed by atoms with Gasteiger partial charge in [-0.3, -0.25) is 4.84 Å². The van der Waals surface area contributed by atoms with Gasteiger partial charge in [-0.1, -0.05) is 29.8 Å². The summed E-state index contributed by atoms with van der Waals surface area (Å²) >= 11 is 0. The van der Waals surface area contributed by atoms with Crippen molar-refractivity contribution in [2.24, 2.45) is 11.2 Å². The molecule has 49 heavy (non-hydrogen) atoms. The average molecular weight is 713 g/mol. The van der Waals surface area contributed by atoms with E-state index in [4.69, 9.17) is 19.0 Å². The molecule has 2 unspecified atom stereocenters. The number of hydrogen-bond acceptors (Lipinski definition) is 11. The number of hydrazine groups is 1. The van der Waals surface area contributed by atoms with Crippen LogP contribution in [0.4, 0.5) is 22.8 Å². The topological polar surface area (TPSA) is 177 Å². The van der Waals surface area contributed by atoms with Gasteiger partial charge >= 0.3 is 18.4 Å². The number of sulfonamides is 1. The predicted molar refractivity (Wildman–Crippen MR) is 164 cm³/mol.